The molecule has 0 unspecified atom stereocenters. The van der Waals surface area contributed by atoms with Gasteiger partial charge in [-0.3, -0.25) is 9.59 Å². The SMILES string of the molecule is O=C(N[C@@H]1C[C@H]2CC[C@@H]1N2)c1ccc(Sc2ccc(NC(=O)C(F)F)cc2)s1. The lowest BCUT2D eigenvalue weighted by molar-refractivity contribution is -0.126. The Bertz CT molecular complexity index is 872. The third-order valence-electron chi connectivity index (χ3n) is 4.96. The summed E-state index contributed by atoms with van der Waals surface area (Å²) in [6.07, 6.45) is 0.272. The van der Waals surface area contributed by atoms with E-state index in [2.05, 4.69) is 16.0 Å². The third kappa shape index (κ3) is 4.37. The van der Waals surface area contributed by atoms with Crippen LogP contribution in [0, 0.1) is 0 Å². The molecule has 2 amide bonds. The van der Waals surface area contributed by atoms with Gasteiger partial charge in [0.1, 0.15) is 0 Å². The minimum Gasteiger partial charge on any atom is -0.347 e. The summed E-state index contributed by atoms with van der Waals surface area (Å²) in [4.78, 5) is 25.1. The van der Waals surface area contributed by atoms with E-state index >= 15 is 0 Å². The van der Waals surface area contributed by atoms with Crippen LogP contribution in [0.3, 0.4) is 0 Å². The Balaban J connectivity index is 1.33. The normalized spacial score (nSPS) is 23.2. The lowest BCUT2D eigenvalue weighted by atomic mass is 9.95. The number of amides is 2. The summed E-state index contributed by atoms with van der Waals surface area (Å²) < 4.78 is 25.5. The van der Waals surface area contributed by atoms with Gasteiger partial charge in [-0.1, -0.05) is 11.8 Å². The molecule has 0 spiro atoms. The maximum absolute atomic E-state index is 12.5. The molecule has 28 heavy (non-hydrogen) atoms. The highest BCUT2D eigenvalue weighted by Gasteiger charge is 2.39. The third-order valence-corrected chi connectivity index (χ3v) is 7.18. The molecule has 0 saturated carbocycles. The van der Waals surface area contributed by atoms with Gasteiger partial charge >= 0.3 is 6.43 Å². The van der Waals surface area contributed by atoms with Crippen LogP contribution in [0.1, 0.15) is 28.9 Å². The predicted molar refractivity (Wildman–Crippen MR) is 105 cm³/mol. The maximum atomic E-state index is 12.5. The van der Waals surface area contributed by atoms with Crippen LogP contribution in [0.4, 0.5) is 14.5 Å². The molecule has 3 N–H and O–H groups in total. The molecule has 1 aromatic heterocycles. The number of alkyl halides is 2. The number of hydrogen-bond acceptors (Lipinski definition) is 5. The zero-order chi connectivity index (χ0) is 19.7. The van der Waals surface area contributed by atoms with E-state index in [0.717, 1.165) is 21.9 Å². The Labute approximate surface area is 169 Å². The number of nitrogens with one attached hydrogen (secondary N) is 3. The van der Waals surface area contributed by atoms with Gasteiger partial charge < -0.3 is 16.0 Å². The second kappa shape index (κ2) is 8.18. The van der Waals surface area contributed by atoms with Crippen molar-refractivity contribution >= 4 is 40.6 Å². The summed E-state index contributed by atoms with van der Waals surface area (Å²) in [7, 11) is 0. The number of fused-ring (bicyclic) bond motifs is 2. The van der Waals surface area contributed by atoms with Crippen molar-refractivity contribution in [3.05, 3.63) is 41.3 Å². The van der Waals surface area contributed by atoms with Crippen molar-refractivity contribution in [1.29, 1.82) is 0 Å². The van der Waals surface area contributed by atoms with Crippen LogP contribution in [-0.2, 0) is 4.79 Å². The Hall–Kier alpha value is -1.97. The first-order chi connectivity index (χ1) is 13.5. The Morgan fingerprint density at radius 3 is 2.57 bits per heavy atom. The van der Waals surface area contributed by atoms with Crippen molar-refractivity contribution in [3.8, 4) is 0 Å². The van der Waals surface area contributed by atoms with Crippen LogP contribution in [0.5, 0.6) is 0 Å². The van der Waals surface area contributed by atoms with Crippen molar-refractivity contribution in [3.63, 3.8) is 0 Å². The average molecular weight is 424 g/mol. The van der Waals surface area contributed by atoms with Crippen molar-refractivity contribution in [2.75, 3.05) is 5.32 Å². The fourth-order valence-corrected chi connectivity index (χ4v) is 5.65. The van der Waals surface area contributed by atoms with Crippen molar-refractivity contribution in [2.45, 2.75) is 52.9 Å². The van der Waals surface area contributed by atoms with Crippen LogP contribution in [-0.4, -0.2) is 36.4 Å². The fraction of sp³-hybridized carbons (Fsp3) is 0.368. The summed E-state index contributed by atoms with van der Waals surface area (Å²) in [6, 6.07) is 11.5. The highest BCUT2D eigenvalue weighted by atomic mass is 32.2. The summed E-state index contributed by atoms with van der Waals surface area (Å²) >= 11 is 2.90. The van der Waals surface area contributed by atoms with Crippen molar-refractivity contribution in [1.82, 2.24) is 10.6 Å². The summed E-state index contributed by atoms with van der Waals surface area (Å²) in [5, 5.41) is 8.79. The molecule has 2 saturated heterocycles. The molecule has 2 bridgehead atoms. The van der Waals surface area contributed by atoms with Crippen molar-refractivity contribution in [2.24, 2.45) is 0 Å². The van der Waals surface area contributed by atoms with Gasteiger partial charge in [0.05, 0.1) is 9.09 Å². The Morgan fingerprint density at radius 2 is 1.93 bits per heavy atom. The van der Waals surface area contributed by atoms with E-state index in [1.54, 1.807) is 24.3 Å². The van der Waals surface area contributed by atoms with Crippen LogP contribution in [0.2, 0.25) is 0 Å². The number of carbonyl (C=O) groups excluding carboxylic acids is 2. The number of anilines is 1. The highest BCUT2D eigenvalue weighted by molar-refractivity contribution is 8.01. The molecule has 3 atom stereocenters. The molecule has 2 aliphatic rings. The lowest BCUT2D eigenvalue weighted by Crippen LogP contribution is -2.42. The molecule has 9 heteroatoms. The molecule has 0 aliphatic carbocycles. The Kier molecular flexibility index (Phi) is 5.65. The van der Waals surface area contributed by atoms with Gasteiger partial charge in [-0.15, -0.1) is 11.3 Å². The highest BCUT2D eigenvalue weighted by Crippen LogP contribution is 2.34. The smallest absolute Gasteiger partial charge is 0.315 e. The molecular formula is C19H19F2N3O2S2. The molecule has 1 aromatic carbocycles. The zero-order valence-electron chi connectivity index (χ0n) is 14.8. The quantitative estimate of drug-likeness (QED) is 0.662. The topological polar surface area (TPSA) is 70.2 Å². The van der Waals surface area contributed by atoms with Gasteiger partial charge in [0.2, 0.25) is 0 Å². The summed E-state index contributed by atoms with van der Waals surface area (Å²) in [5.41, 5.74) is 0.320. The molecule has 2 fully saturated rings. The molecule has 3 heterocycles. The average Bonchev–Trinajstić information content (AvgIpc) is 3.40. The van der Waals surface area contributed by atoms with Gasteiger partial charge in [0, 0.05) is 28.7 Å². The number of carbonyl (C=O) groups is 2. The summed E-state index contributed by atoms with van der Waals surface area (Å²) in [6.45, 7) is 0. The Morgan fingerprint density at radius 1 is 1.14 bits per heavy atom. The molecule has 5 nitrogen and oxygen atoms in total. The van der Waals surface area contributed by atoms with Crippen molar-refractivity contribution < 1.29 is 18.4 Å². The second-order valence-electron chi connectivity index (χ2n) is 6.90. The van der Waals surface area contributed by atoms with E-state index in [-0.39, 0.29) is 11.9 Å². The predicted octanol–water partition coefficient (Wildman–Crippen LogP) is 3.73. The minimum absolute atomic E-state index is 0.0405. The van der Waals surface area contributed by atoms with Crippen LogP contribution in [0.25, 0.3) is 0 Å². The van der Waals surface area contributed by atoms with E-state index in [0.29, 0.717) is 22.6 Å². The van der Waals surface area contributed by atoms with E-state index in [4.69, 9.17) is 0 Å². The molecule has 0 radical (unpaired) electrons. The van der Waals surface area contributed by atoms with E-state index in [1.165, 1.54) is 29.5 Å². The van der Waals surface area contributed by atoms with Gasteiger partial charge in [-0.25, -0.2) is 0 Å². The lowest BCUT2D eigenvalue weighted by Gasteiger charge is -2.20. The van der Waals surface area contributed by atoms with Gasteiger partial charge in [-0.2, -0.15) is 8.78 Å². The van der Waals surface area contributed by atoms with Gasteiger partial charge in [-0.05, 0) is 55.7 Å². The molecule has 2 aromatic rings. The number of rotatable bonds is 6. The molecular weight excluding hydrogens is 404 g/mol. The molecule has 148 valence electrons. The standard InChI is InChI=1S/C19H19F2N3O2S2/c20-17(21)19(26)23-10-1-4-12(5-2-10)27-16-8-7-15(28-16)18(25)24-14-9-11-3-6-13(14)22-11/h1-2,4-5,7-8,11,13-14,17,22H,3,6,9H2,(H,23,26)(H,24,25)/t11-,13+,14-/m1/s1. The van der Waals surface area contributed by atoms with Crippen LogP contribution < -0.4 is 16.0 Å². The molecule has 2 aliphatic heterocycles. The first kappa shape index (κ1) is 19.4. The first-order valence-corrected chi connectivity index (χ1v) is 10.6. The van der Waals surface area contributed by atoms with Gasteiger partial charge in [0.15, 0.2) is 0 Å². The van der Waals surface area contributed by atoms with Crippen LogP contribution >= 0.6 is 23.1 Å². The van der Waals surface area contributed by atoms with Crippen LogP contribution in [0.15, 0.2) is 45.5 Å². The van der Waals surface area contributed by atoms with E-state index in [9.17, 15) is 18.4 Å². The zero-order valence-corrected chi connectivity index (χ0v) is 16.4. The number of thiophene rings is 1. The number of hydrogen-bond donors (Lipinski definition) is 3. The fourth-order valence-electron chi connectivity index (χ4n) is 3.64. The number of halogens is 2. The largest absolute Gasteiger partial charge is 0.347 e. The summed E-state index contributed by atoms with van der Waals surface area (Å²) in [5.74, 6) is -1.36. The minimum atomic E-state index is -3.04. The monoisotopic (exact) mass is 423 g/mol. The number of benzene rings is 1. The van der Waals surface area contributed by atoms with Gasteiger partial charge in [0.25, 0.3) is 11.8 Å². The second-order valence-corrected chi connectivity index (χ2v) is 9.36. The molecule has 4 rings (SSSR count). The van der Waals surface area contributed by atoms with E-state index < -0.39 is 12.3 Å². The maximum Gasteiger partial charge on any atom is 0.315 e. The van der Waals surface area contributed by atoms with E-state index in [1.807, 2.05) is 12.1 Å². The first-order valence-electron chi connectivity index (χ1n) is 9.01.